The van der Waals surface area contributed by atoms with Gasteiger partial charge in [0.2, 0.25) is 0 Å². The van der Waals surface area contributed by atoms with Gasteiger partial charge in [-0.25, -0.2) is 0 Å². The molecule has 0 unspecified atom stereocenters. The first-order valence-corrected chi connectivity index (χ1v) is 5.68. The van der Waals surface area contributed by atoms with E-state index in [0.29, 0.717) is 0 Å². The summed E-state index contributed by atoms with van der Waals surface area (Å²) in [4.78, 5) is 3.42. The highest BCUT2D eigenvalue weighted by Crippen LogP contribution is 2.26. The van der Waals surface area contributed by atoms with Crippen molar-refractivity contribution in [3.05, 3.63) is 54.1 Å². The normalized spacial score (nSPS) is 10.9. The number of para-hydroxylation sites is 1. The van der Waals surface area contributed by atoms with E-state index in [2.05, 4.69) is 29.2 Å². The molecule has 0 fully saturated rings. The molecule has 0 aliphatic heterocycles. The molecule has 0 aliphatic rings. The molecule has 1 heterocycles. The number of aryl methyl sites for hydroxylation is 1. The summed E-state index contributed by atoms with van der Waals surface area (Å²) >= 11 is 0. The Morgan fingerprint density at radius 3 is 2.59 bits per heavy atom. The van der Waals surface area contributed by atoms with Crippen LogP contribution in [0.2, 0.25) is 0 Å². The lowest BCUT2D eigenvalue weighted by atomic mass is 10.1. The van der Waals surface area contributed by atoms with Crippen LogP contribution < -0.4 is 5.73 Å². The Bertz CT molecular complexity index is 647. The first-order valence-electron chi connectivity index (χ1n) is 5.68. The van der Waals surface area contributed by atoms with Crippen LogP contribution in [0.1, 0.15) is 5.56 Å². The Morgan fingerprint density at radius 1 is 1.00 bits per heavy atom. The van der Waals surface area contributed by atoms with E-state index in [1.807, 2.05) is 31.2 Å². The number of aromatic amines is 1. The first-order chi connectivity index (χ1) is 8.24. The standard InChI is InChI=1S/C15H14N2/c1-10-8-12(6-7-13(10)16)15-9-11-4-2-3-5-14(11)17-15/h2-9,17H,16H2,1H3. The van der Waals surface area contributed by atoms with E-state index in [1.54, 1.807) is 0 Å². The average Bonchev–Trinajstić information content (AvgIpc) is 2.76. The zero-order chi connectivity index (χ0) is 11.8. The molecule has 2 aromatic carbocycles. The zero-order valence-corrected chi connectivity index (χ0v) is 9.70. The Hall–Kier alpha value is -2.22. The number of nitrogens with two attached hydrogens (primary N) is 1. The van der Waals surface area contributed by atoms with Gasteiger partial charge in [-0.15, -0.1) is 0 Å². The van der Waals surface area contributed by atoms with Crippen LogP contribution in [-0.2, 0) is 0 Å². The summed E-state index contributed by atoms with van der Waals surface area (Å²) in [6, 6.07) is 16.6. The highest BCUT2D eigenvalue weighted by atomic mass is 14.7. The molecular weight excluding hydrogens is 208 g/mol. The molecule has 84 valence electrons. The van der Waals surface area contributed by atoms with Gasteiger partial charge in [0.05, 0.1) is 0 Å². The third-order valence-electron chi connectivity index (χ3n) is 3.11. The molecule has 3 N–H and O–H groups in total. The molecular formula is C15H14N2. The minimum Gasteiger partial charge on any atom is -0.399 e. The highest BCUT2D eigenvalue weighted by Gasteiger charge is 2.03. The number of rotatable bonds is 1. The molecule has 2 heteroatoms. The van der Waals surface area contributed by atoms with E-state index in [0.717, 1.165) is 22.5 Å². The lowest BCUT2D eigenvalue weighted by molar-refractivity contribution is 1.42. The van der Waals surface area contributed by atoms with Gasteiger partial charge in [-0.1, -0.05) is 24.3 Å². The second kappa shape index (κ2) is 3.67. The lowest BCUT2D eigenvalue weighted by Gasteiger charge is -2.02. The van der Waals surface area contributed by atoms with Crippen LogP contribution in [-0.4, -0.2) is 4.98 Å². The lowest BCUT2D eigenvalue weighted by Crippen LogP contribution is -1.89. The van der Waals surface area contributed by atoms with Gasteiger partial charge in [-0.05, 0) is 42.3 Å². The highest BCUT2D eigenvalue weighted by molar-refractivity contribution is 5.86. The third kappa shape index (κ3) is 1.68. The molecule has 17 heavy (non-hydrogen) atoms. The zero-order valence-electron chi connectivity index (χ0n) is 9.70. The summed E-state index contributed by atoms with van der Waals surface area (Å²) in [7, 11) is 0. The largest absolute Gasteiger partial charge is 0.399 e. The number of fused-ring (bicyclic) bond motifs is 1. The van der Waals surface area contributed by atoms with E-state index in [4.69, 9.17) is 5.73 Å². The molecule has 0 aliphatic carbocycles. The second-order valence-corrected chi connectivity index (χ2v) is 4.34. The molecule has 0 radical (unpaired) electrons. The van der Waals surface area contributed by atoms with Gasteiger partial charge >= 0.3 is 0 Å². The maximum absolute atomic E-state index is 5.83. The van der Waals surface area contributed by atoms with Crippen LogP contribution >= 0.6 is 0 Å². The van der Waals surface area contributed by atoms with Crippen molar-refractivity contribution in [1.29, 1.82) is 0 Å². The van der Waals surface area contributed by atoms with Gasteiger partial charge in [-0.2, -0.15) is 0 Å². The molecule has 3 rings (SSSR count). The summed E-state index contributed by atoms with van der Waals surface area (Å²) in [5, 5.41) is 1.23. The second-order valence-electron chi connectivity index (χ2n) is 4.34. The SMILES string of the molecule is Cc1cc(-c2cc3ccccc3[nH]2)ccc1N. The summed E-state index contributed by atoms with van der Waals surface area (Å²) < 4.78 is 0. The van der Waals surface area contributed by atoms with Crippen molar-refractivity contribution < 1.29 is 0 Å². The molecule has 0 bridgehead atoms. The van der Waals surface area contributed by atoms with Crippen molar-refractivity contribution in [1.82, 2.24) is 4.98 Å². The quantitative estimate of drug-likeness (QED) is 0.605. The Labute approximate surface area is 100 Å². The number of nitrogens with one attached hydrogen (secondary N) is 1. The van der Waals surface area contributed by atoms with Crippen LogP contribution in [0.4, 0.5) is 5.69 Å². The van der Waals surface area contributed by atoms with Crippen molar-refractivity contribution in [2.45, 2.75) is 6.92 Å². The molecule has 3 aromatic rings. The number of aromatic nitrogens is 1. The summed E-state index contributed by atoms with van der Waals surface area (Å²) in [6.45, 7) is 2.03. The summed E-state index contributed by atoms with van der Waals surface area (Å²) in [5.41, 5.74) is 11.3. The van der Waals surface area contributed by atoms with Crippen LogP contribution in [0.5, 0.6) is 0 Å². The minimum absolute atomic E-state index is 0.838. The first kappa shape index (κ1) is 9.97. The maximum atomic E-state index is 5.83. The molecule has 1 aromatic heterocycles. The number of benzene rings is 2. The molecule has 0 atom stereocenters. The van der Waals surface area contributed by atoms with Gasteiger partial charge in [-0.3, -0.25) is 0 Å². The van der Waals surface area contributed by atoms with E-state index in [9.17, 15) is 0 Å². The van der Waals surface area contributed by atoms with Crippen LogP contribution in [0, 0.1) is 6.92 Å². The summed E-state index contributed by atoms with van der Waals surface area (Å²) in [6.07, 6.45) is 0. The Balaban J connectivity index is 2.17. The molecule has 0 saturated heterocycles. The van der Waals surface area contributed by atoms with Gasteiger partial charge < -0.3 is 10.7 Å². The van der Waals surface area contributed by atoms with Crippen molar-refractivity contribution in [2.75, 3.05) is 5.73 Å². The fraction of sp³-hybridized carbons (Fsp3) is 0.0667. The number of hydrogen-bond acceptors (Lipinski definition) is 1. The van der Waals surface area contributed by atoms with Gasteiger partial charge in [0, 0.05) is 22.3 Å². The number of nitrogen functional groups attached to an aromatic ring is 1. The van der Waals surface area contributed by atoms with Gasteiger partial charge in [0.1, 0.15) is 0 Å². The molecule has 0 spiro atoms. The number of H-pyrrole nitrogens is 1. The monoisotopic (exact) mass is 222 g/mol. The van der Waals surface area contributed by atoms with Crippen molar-refractivity contribution >= 4 is 16.6 Å². The molecule has 0 amide bonds. The van der Waals surface area contributed by atoms with Crippen molar-refractivity contribution in [2.24, 2.45) is 0 Å². The molecule has 0 saturated carbocycles. The topological polar surface area (TPSA) is 41.8 Å². The number of anilines is 1. The fourth-order valence-electron chi connectivity index (χ4n) is 2.07. The predicted molar refractivity (Wildman–Crippen MR) is 72.9 cm³/mol. The van der Waals surface area contributed by atoms with E-state index in [1.165, 1.54) is 10.9 Å². The van der Waals surface area contributed by atoms with Crippen LogP contribution in [0.15, 0.2) is 48.5 Å². The fourth-order valence-corrected chi connectivity index (χ4v) is 2.07. The van der Waals surface area contributed by atoms with Crippen molar-refractivity contribution in [3.8, 4) is 11.3 Å². The van der Waals surface area contributed by atoms with Gasteiger partial charge in [0.25, 0.3) is 0 Å². The maximum Gasteiger partial charge on any atom is 0.0464 e. The smallest absolute Gasteiger partial charge is 0.0464 e. The third-order valence-corrected chi connectivity index (χ3v) is 3.11. The number of hydrogen-bond donors (Lipinski definition) is 2. The summed E-state index contributed by atoms with van der Waals surface area (Å²) in [5.74, 6) is 0. The average molecular weight is 222 g/mol. The van der Waals surface area contributed by atoms with E-state index in [-0.39, 0.29) is 0 Å². The van der Waals surface area contributed by atoms with Crippen LogP contribution in [0.25, 0.3) is 22.2 Å². The van der Waals surface area contributed by atoms with E-state index < -0.39 is 0 Å². The minimum atomic E-state index is 0.838. The van der Waals surface area contributed by atoms with Gasteiger partial charge in [0.15, 0.2) is 0 Å². The Kier molecular flexibility index (Phi) is 2.15. The predicted octanol–water partition coefficient (Wildman–Crippen LogP) is 3.73. The Morgan fingerprint density at radius 2 is 1.82 bits per heavy atom. The molecule has 2 nitrogen and oxygen atoms in total. The van der Waals surface area contributed by atoms with Crippen LogP contribution in [0.3, 0.4) is 0 Å². The van der Waals surface area contributed by atoms with E-state index >= 15 is 0 Å². The van der Waals surface area contributed by atoms with Crippen molar-refractivity contribution in [3.63, 3.8) is 0 Å².